The predicted molar refractivity (Wildman–Crippen MR) is 107 cm³/mol. The van der Waals surface area contributed by atoms with Gasteiger partial charge in [-0.1, -0.05) is 13.3 Å². The van der Waals surface area contributed by atoms with Crippen LogP contribution in [-0.2, 0) is 16.1 Å². The third kappa shape index (κ3) is 5.07. The van der Waals surface area contributed by atoms with Crippen LogP contribution in [0.1, 0.15) is 57.9 Å². The lowest BCUT2D eigenvalue weighted by Gasteiger charge is -2.37. The lowest BCUT2D eigenvalue weighted by molar-refractivity contribution is -0.138. The van der Waals surface area contributed by atoms with Crippen molar-refractivity contribution in [2.45, 2.75) is 71.0 Å². The maximum atomic E-state index is 13.2. The molecule has 0 N–H and O–H groups in total. The van der Waals surface area contributed by atoms with Crippen molar-refractivity contribution in [3.8, 4) is 0 Å². The minimum absolute atomic E-state index is 0.0423. The molecule has 0 spiro atoms. The highest BCUT2D eigenvalue weighted by Gasteiger charge is 2.33. The Bertz CT molecular complexity index is 653. The molecule has 7 nitrogen and oxygen atoms in total. The van der Waals surface area contributed by atoms with E-state index in [0.29, 0.717) is 6.54 Å². The second-order valence-corrected chi connectivity index (χ2v) is 7.94. The number of hydrogen-bond acceptors (Lipinski definition) is 5. The standard InChI is InChI=1S/C21H33N5O2/c1-3-24-10-5-4-8-20(24)21(28)25-11-6-7-19(9-12-25)26(17(2)27)15-18-13-22-16-23-14-18/h13-14,16,19-20H,3-12,15H2,1-2H3. The fourth-order valence-electron chi connectivity index (χ4n) is 4.58. The summed E-state index contributed by atoms with van der Waals surface area (Å²) in [4.78, 5) is 39.9. The average Bonchev–Trinajstić information content (AvgIpc) is 2.98. The molecule has 2 amide bonds. The number of likely N-dealkylation sites (tertiary alicyclic amines) is 2. The number of hydrogen-bond donors (Lipinski definition) is 0. The second kappa shape index (κ2) is 9.96. The first-order valence-corrected chi connectivity index (χ1v) is 10.6. The van der Waals surface area contributed by atoms with Crippen molar-refractivity contribution in [3.63, 3.8) is 0 Å². The van der Waals surface area contributed by atoms with Gasteiger partial charge in [0, 0.05) is 50.6 Å². The molecule has 0 aliphatic carbocycles. The fourth-order valence-corrected chi connectivity index (χ4v) is 4.58. The van der Waals surface area contributed by atoms with E-state index in [1.54, 1.807) is 19.3 Å². The van der Waals surface area contributed by atoms with Crippen LogP contribution in [0.4, 0.5) is 0 Å². The van der Waals surface area contributed by atoms with Crippen LogP contribution < -0.4 is 0 Å². The normalized spacial score (nSPS) is 23.9. The summed E-state index contributed by atoms with van der Waals surface area (Å²) in [5.41, 5.74) is 0.940. The van der Waals surface area contributed by atoms with Crippen molar-refractivity contribution < 1.29 is 9.59 Å². The van der Waals surface area contributed by atoms with Gasteiger partial charge in [0.1, 0.15) is 6.33 Å². The van der Waals surface area contributed by atoms with Crippen LogP contribution in [-0.4, -0.2) is 74.7 Å². The predicted octanol–water partition coefficient (Wildman–Crippen LogP) is 2.08. The molecule has 2 saturated heterocycles. The van der Waals surface area contributed by atoms with Crippen molar-refractivity contribution in [2.24, 2.45) is 0 Å². The number of nitrogens with zero attached hydrogens (tertiary/aromatic N) is 5. The largest absolute Gasteiger partial charge is 0.341 e. The van der Waals surface area contributed by atoms with Gasteiger partial charge in [0.15, 0.2) is 0 Å². The number of rotatable bonds is 5. The summed E-state index contributed by atoms with van der Waals surface area (Å²) in [6, 6.07) is 0.199. The van der Waals surface area contributed by atoms with E-state index in [2.05, 4.69) is 21.8 Å². The molecule has 154 valence electrons. The van der Waals surface area contributed by atoms with Crippen molar-refractivity contribution in [2.75, 3.05) is 26.2 Å². The molecule has 28 heavy (non-hydrogen) atoms. The third-order valence-electron chi connectivity index (χ3n) is 6.13. The van der Waals surface area contributed by atoms with Crippen molar-refractivity contribution in [1.29, 1.82) is 0 Å². The van der Waals surface area contributed by atoms with E-state index in [1.807, 2.05) is 9.80 Å². The fraction of sp³-hybridized carbons (Fsp3) is 0.714. The number of piperidine rings is 1. The SMILES string of the molecule is CCN1CCCCC1C(=O)N1CCCC(N(Cc2cncnc2)C(C)=O)CC1. The van der Waals surface area contributed by atoms with Gasteiger partial charge in [-0.05, 0) is 45.2 Å². The quantitative estimate of drug-likeness (QED) is 0.774. The summed E-state index contributed by atoms with van der Waals surface area (Å²) in [5, 5.41) is 0. The van der Waals surface area contributed by atoms with Crippen LogP contribution in [0.2, 0.25) is 0 Å². The zero-order chi connectivity index (χ0) is 19.9. The number of carbonyl (C=O) groups excluding carboxylic acids is 2. The van der Waals surface area contributed by atoms with E-state index < -0.39 is 0 Å². The minimum atomic E-state index is 0.0423. The van der Waals surface area contributed by atoms with Gasteiger partial charge in [0.2, 0.25) is 11.8 Å². The molecule has 1 aromatic rings. The molecule has 1 aromatic heterocycles. The maximum Gasteiger partial charge on any atom is 0.239 e. The lowest BCUT2D eigenvalue weighted by Crippen LogP contribution is -2.51. The van der Waals surface area contributed by atoms with Crippen LogP contribution in [0, 0.1) is 0 Å². The molecule has 0 bridgehead atoms. The number of amides is 2. The van der Waals surface area contributed by atoms with Gasteiger partial charge in [-0.15, -0.1) is 0 Å². The van der Waals surface area contributed by atoms with Gasteiger partial charge < -0.3 is 9.80 Å². The highest BCUT2D eigenvalue weighted by Crippen LogP contribution is 2.23. The molecule has 3 rings (SSSR count). The molecule has 0 aromatic carbocycles. The van der Waals surface area contributed by atoms with Crippen molar-refractivity contribution in [1.82, 2.24) is 24.7 Å². The smallest absolute Gasteiger partial charge is 0.239 e. The van der Waals surface area contributed by atoms with E-state index in [0.717, 1.165) is 63.8 Å². The van der Waals surface area contributed by atoms with Crippen LogP contribution in [0.3, 0.4) is 0 Å². The first kappa shape index (κ1) is 20.7. The van der Waals surface area contributed by atoms with Gasteiger partial charge in [-0.25, -0.2) is 9.97 Å². The molecule has 2 fully saturated rings. The van der Waals surface area contributed by atoms with E-state index >= 15 is 0 Å². The summed E-state index contributed by atoms with van der Waals surface area (Å²) < 4.78 is 0. The summed E-state index contributed by atoms with van der Waals surface area (Å²) in [6.07, 6.45) is 11.0. The number of likely N-dealkylation sites (N-methyl/N-ethyl adjacent to an activating group) is 1. The maximum absolute atomic E-state index is 13.2. The Labute approximate surface area is 168 Å². The lowest BCUT2D eigenvalue weighted by atomic mass is 10.0. The molecule has 2 atom stereocenters. The van der Waals surface area contributed by atoms with Crippen molar-refractivity contribution >= 4 is 11.8 Å². The summed E-state index contributed by atoms with van der Waals surface area (Å²) in [6.45, 7) is 7.78. The average molecular weight is 388 g/mol. The van der Waals surface area contributed by atoms with Gasteiger partial charge in [-0.2, -0.15) is 0 Å². The van der Waals surface area contributed by atoms with Crippen LogP contribution in [0.25, 0.3) is 0 Å². The van der Waals surface area contributed by atoms with E-state index in [-0.39, 0.29) is 23.9 Å². The molecular formula is C21H33N5O2. The summed E-state index contributed by atoms with van der Waals surface area (Å²) in [7, 11) is 0. The van der Waals surface area contributed by atoms with E-state index in [9.17, 15) is 9.59 Å². The molecule has 2 unspecified atom stereocenters. The Morgan fingerprint density at radius 3 is 2.57 bits per heavy atom. The van der Waals surface area contributed by atoms with Crippen molar-refractivity contribution in [3.05, 3.63) is 24.3 Å². The number of aromatic nitrogens is 2. The zero-order valence-electron chi connectivity index (χ0n) is 17.2. The molecule has 0 radical (unpaired) electrons. The van der Waals surface area contributed by atoms with Gasteiger partial charge >= 0.3 is 0 Å². The van der Waals surface area contributed by atoms with Crippen LogP contribution in [0.5, 0.6) is 0 Å². The number of carbonyl (C=O) groups is 2. The molecule has 3 heterocycles. The molecular weight excluding hydrogens is 354 g/mol. The Hall–Kier alpha value is -2.02. The Morgan fingerprint density at radius 1 is 1.07 bits per heavy atom. The van der Waals surface area contributed by atoms with Crippen LogP contribution in [0.15, 0.2) is 18.7 Å². The molecule has 2 aliphatic rings. The monoisotopic (exact) mass is 387 g/mol. The minimum Gasteiger partial charge on any atom is -0.341 e. The highest BCUT2D eigenvalue weighted by atomic mass is 16.2. The van der Waals surface area contributed by atoms with E-state index in [4.69, 9.17) is 0 Å². The van der Waals surface area contributed by atoms with Gasteiger partial charge in [-0.3, -0.25) is 14.5 Å². The Kier molecular flexibility index (Phi) is 7.36. The first-order chi connectivity index (χ1) is 13.6. The third-order valence-corrected chi connectivity index (χ3v) is 6.13. The summed E-state index contributed by atoms with van der Waals surface area (Å²) >= 11 is 0. The van der Waals surface area contributed by atoms with Gasteiger partial charge in [0.25, 0.3) is 0 Å². The summed E-state index contributed by atoms with van der Waals surface area (Å²) in [5.74, 6) is 0.353. The Balaban J connectivity index is 1.62. The molecule has 2 aliphatic heterocycles. The highest BCUT2D eigenvalue weighted by molar-refractivity contribution is 5.82. The topological polar surface area (TPSA) is 69.6 Å². The Morgan fingerprint density at radius 2 is 1.86 bits per heavy atom. The molecule has 0 saturated carbocycles. The molecule has 7 heteroatoms. The van der Waals surface area contributed by atoms with Crippen LogP contribution >= 0.6 is 0 Å². The van der Waals surface area contributed by atoms with Gasteiger partial charge in [0.05, 0.1) is 6.04 Å². The van der Waals surface area contributed by atoms with E-state index in [1.165, 1.54) is 12.7 Å². The zero-order valence-corrected chi connectivity index (χ0v) is 17.2. The first-order valence-electron chi connectivity index (χ1n) is 10.6. The second-order valence-electron chi connectivity index (χ2n) is 7.94.